The molecular weight excluding hydrogens is 298 g/mol. The van der Waals surface area contributed by atoms with Crippen molar-refractivity contribution in [2.45, 2.75) is 13.8 Å². The number of aromatic nitrogens is 3. The van der Waals surface area contributed by atoms with Crippen molar-refractivity contribution >= 4 is 34.1 Å². The number of fused-ring (bicyclic) bond motifs is 1. The number of carboxylic acid groups (broad SMARTS) is 1. The maximum Gasteiger partial charge on any atom is 0.322 e. The number of thiazole rings is 1. The molecule has 0 saturated carbocycles. The third-order valence-electron chi connectivity index (χ3n) is 2.71. The molecule has 2 amide bonds. The SMILES string of the molecule is Cc1nnc2sc(C(=O)NCC(=O)NCC(=O)O)c(C)n12. The molecule has 0 spiro atoms. The number of hydrogen-bond acceptors (Lipinski definition) is 6. The fourth-order valence-corrected chi connectivity index (χ4v) is 2.78. The van der Waals surface area contributed by atoms with Crippen LogP contribution in [0.5, 0.6) is 0 Å². The second-order valence-corrected chi connectivity index (χ2v) is 5.21. The van der Waals surface area contributed by atoms with Crippen LogP contribution in [0.2, 0.25) is 0 Å². The monoisotopic (exact) mass is 311 g/mol. The number of carbonyl (C=O) groups excluding carboxylic acids is 2. The second kappa shape index (κ2) is 5.87. The second-order valence-electron chi connectivity index (χ2n) is 4.23. The highest BCUT2D eigenvalue weighted by Crippen LogP contribution is 2.22. The van der Waals surface area contributed by atoms with Gasteiger partial charge in [0.15, 0.2) is 0 Å². The lowest BCUT2D eigenvalue weighted by Crippen LogP contribution is -2.39. The van der Waals surface area contributed by atoms with Crippen molar-refractivity contribution in [2.75, 3.05) is 13.1 Å². The highest BCUT2D eigenvalue weighted by atomic mass is 32.1. The number of hydrogen-bond donors (Lipinski definition) is 3. The van der Waals surface area contributed by atoms with E-state index in [1.54, 1.807) is 18.2 Å². The fourth-order valence-electron chi connectivity index (χ4n) is 1.75. The number of rotatable bonds is 5. The van der Waals surface area contributed by atoms with E-state index in [2.05, 4.69) is 20.8 Å². The Morgan fingerprint density at radius 2 is 1.90 bits per heavy atom. The Balaban J connectivity index is 2.01. The molecule has 0 aliphatic rings. The summed E-state index contributed by atoms with van der Waals surface area (Å²) in [5.74, 6) is -1.44. The summed E-state index contributed by atoms with van der Waals surface area (Å²) in [7, 11) is 0. The van der Waals surface area contributed by atoms with E-state index in [-0.39, 0.29) is 6.54 Å². The Labute approximate surface area is 123 Å². The molecule has 0 bridgehead atoms. The molecule has 3 N–H and O–H groups in total. The zero-order chi connectivity index (χ0) is 15.6. The Bertz CT molecular complexity index is 720. The summed E-state index contributed by atoms with van der Waals surface area (Å²) in [5, 5.41) is 20.9. The lowest BCUT2D eigenvalue weighted by Gasteiger charge is -2.04. The van der Waals surface area contributed by atoms with Crippen LogP contribution >= 0.6 is 11.3 Å². The number of carboxylic acids is 1. The van der Waals surface area contributed by atoms with Crippen LogP contribution < -0.4 is 10.6 Å². The predicted octanol–water partition coefficient (Wildman–Crippen LogP) is -0.662. The first-order valence-corrected chi connectivity index (χ1v) is 6.79. The van der Waals surface area contributed by atoms with Gasteiger partial charge in [0.2, 0.25) is 10.9 Å². The standard InChI is InChI=1S/C11H13N5O4S/c1-5-9(21-11-15-14-6(2)16(5)11)10(20)13-3-7(17)12-4-8(18)19/h3-4H2,1-2H3,(H,12,17)(H,13,20)(H,18,19). The summed E-state index contributed by atoms with van der Waals surface area (Å²) >= 11 is 1.17. The van der Waals surface area contributed by atoms with Gasteiger partial charge in [0.05, 0.1) is 6.54 Å². The van der Waals surface area contributed by atoms with Gasteiger partial charge in [-0.3, -0.25) is 18.8 Å². The number of aryl methyl sites for hydroxylation is 2. The minimum Gasteiger partial charge on any atom is -0.480 e. The molecule has 0 aliphatic heterocycles. The van der Waals surface area contributed by atoms with E-state index < -0.39 is 24.3 Å². The van der Waals surface area contributed by atoms with Crippen molar-refractivity contribution in [3.8, 4) is 0 Å². The zero-order valence-electron chi connectivity index (χ0n) is 11.3. The molecule has 112 valence electrons. The van der Waals surface area contributed by atoms with E-state index in [1.165, 1.54) is 11.3 Å². The molecule has 0 saturated heterocycles. The fraction of sp³-hybridized carbons (Fsp3) is 0.364. The summed E-state index contributed by atoms with van der Waals surface area (Å²) in [4.78, 5) is 34.7. The normalized spacial score (nSPS) is 10.6. The largest absolute Gasteiger partial charge is 0.480 e. The first-order chi connectivity index (χ1) is 9.90. The molecule has 21 heavy (non-hydrogen) atoms. The van der Waals surface area contributed by atoms with Crippen LogP contribution in [0.4, 0.5) is 0 Å². The topological polar surface area (TPSA) is 126 Å². The summed E-state index contributed by atoms with van der Waals surface area (Å²) in [6, 6.07) is 0. The molecule has 0 unspecified atom stereocenters. The van der Waals surface area contributed by atoms with Gasteiger partial charge in [0, 0.05) is 5.69 Å². The first-order valence-electron chi connectivity index (χ1n) is 5.98. The van der Waals surface area contributed by atoms with Crippen molar-refractivity contribution < 1.29 is 19.5 Å². The van der Waals surface area contributed by atoms with Crippen molar-refractivity contribution in [2.24, 2.45) is 0 Å². The van der Waals surface area contributed by atoms with Crippen LogP contribution in [0.25, 0.3) is 4.96 Å². The van der Waals surface area contributed by atoms with Crippen LogP contribution in [0.1, 0.15) is 21.2 Å². The molecule has 10 heteroatoms. The highest BCUT2D eigenvalue weighted by Gasteiger charge is 2.18. The lowest BCUT2D eigenvalue weighted by atomic mass is 10.3. The highest BCUT2D eigenvalue weighted by molar-refractivity contribution is 7.19. The van der Waals surface area contributed by atoms with Crippen LogP contribution in [0, 0.1) is 13.8 Å². The van der Waals surface area contributed by atoms with E-state index in [0.717, 1.165) is 0 Å². The number of aliphatic carboxylic acids is 1. The number of amides is 2. The quantitative estimate of drug-likeness (QED) is 0.673. The van der Waals surface area contributed by atoms with Gasteiger partial charge in [0.25, 0.3) is 5.91 Å². The van der Waals surface area contributed by atoms with Crippen molar-refractivity contribution in [3.05, 3.63) is 16.4 Å². The number of carbonyl (C=O) groups is 3. The number of nitrogens with zero attached hydrogens (tertiary/aromatic N) is 3. The Hall–Kier alpha value is -2.49. The van der Waals surface area contributed by atoms with Gasteiger partial charge in [-0.2, -0.15) is 0 Å². The average Bonchev–Trinajstić information content (AvgIpc) is 2.95. The minimum atomic E-state index is -1.15. The third-order valence-corrected chi connectivity index (χ3v) is 3.84. The summed E-state index contributed by atoms with van der Waals surface area (Å²) in [6.45, 7) is 2.77. The maximum absolute atomic E-state index is 12.0. The van der Waals surface area contributed by atoms with Gasteiger partial charge in [-0.15, -0.1) is 10.2 Å². The van der Waals surface area contributed by atoms with Crippen molar-refractivity contribution in [1.29, 1.82) is 0 Å². The third kappa shape index (κ3) is 3.16. The van der Waals surface area contributed by atoms with Crippen LogP contribution in [0.3, 0.4) is 0 Å². The smallest absolute Gasteiger partial charge is 0.322 e. The molecule has 0 aromatic carbocycles. The Morgan fingerprint density at radius 3 is 2.52 bits per heavy atom. The van der Waals surface area contributed by atoms with Gasteiger partial charge < -0.3 is 15.7 Å². The van der Waals surface area contributed by atoms with Gasteiger partial charge in [0.1, 0.15) is 17.2 Å². The molecule has 0 fully saturated rings. The van der Waals surface area contributed by atoms with E-state index in [0.29, 0.717) is 21.4 Å². The lowest BCUT2D eigenvalue weighted by molar-refractivity contribution is -0.137. The summed E-state index contributed by atoms with van der Waals surface area (Å²) in [5.41, 5.74) is 0.695. The molecule has 2 aromatic rings. The molecule has 0 atom stereocenters. The van der Waals surface area contributed by atoms with Crippen molar-refractivity contribution in [3.63, 3.8) is 0 Å². The van der Waals surface area contributed by atoms with Crippen LogP contribution in [-0.2, 0) is 9.59 Å². The molecule has 2 aromatic heterocycles. The van der Waals surface area contributed by atoms with E-state index in [1.807, 2.05) is 0 Å². The molecule has 0 aliphatic carbocycles. The predicted molar refractivity (Wildman–Crippen MR) is 73.3 cm³/mol. The summed E-state index contributed by atoms with van der Waals surface area (Å²) in [6.07, 6.45) is 0. The van der Waals surface area contributed by atoms with Gasteiger partial charge in [-0.25, -0.2) is 0 Å². The molecule has 2 heterocycles. The first kappa shape index (κ1) is 14.9. The van der Waals surface area contributed by atoms with E-state index in [4.69, 9.17) is 5.11 Å². The Morgan fingerprint density at radius 1 is 1.19 bits per heavy atom. The van der Waals surface area contributed by atoms with E-state index >= 15 is 0 Å². The minimum absolute atomic E-state index is 0.289. The zero-order valence-corrected chi connectivity index (χ0v) is 12.2. The molecule has 9 nitrogen and oxygen atoms in total. The van der Waals surface area contributed by atoms with Crippen molar-refractivity contribution in [1.82, 2.24) is 25.2 Å². The molecular formula is C11H13N5O4S. The molecule has 2 rings (SSSR count). The van der Waals surface area contributed by atoms with Gasteiger partial charge in [-0.1, -0.05) is 11.3 Å². The Kier molecular flexibility index (Phi) is 4.17. The van der Waals surface area contributed by atoms with E-state index in [9.17, 15) is 14.4 Å². The van der Waals surface area contributed by atoms with Gasteiger partial charge >= 0.3 is 5.97 Å². The van der Waals surface area contributed by atoms with Crippen LogP contribution in [0.15, 0.2) is 0 Å². The van der Waals surface area contributed by atoms with Crippen LogP contribution in [-0.4, -0.2) is 50.6 Å². The van der Waals surface area contributed by atoms with Gasteiger partial charge in [-0.05, 0) is 13.8 Å². The maximum atomic E-state index is 12.0. The summed E-state index contributed by atoms with van der Waals surface area (Å²) < 4.78 is 1.75. The average molecular weight is 311 g/mol. The number of nitrogens with one attached hydrogen (secondary N) is 2. The molecule has 0 radical (unpaired) electrons.